The average Bonchev–Trinajstić information content (AvgIpc) is 2.97. The molecule has 1 aromatic rings. The number of piperidine rings is 1. The van der Waals surface area contributed by atoms with E-state index in [1.807, 2.05) is 0 Å². The second kappa shape index (κ2) is 8.89. The summed E-state index contributed by atoms with van der Waals surface area (Å²) in [6.45, 7) is 8.81. The fraction of sp³-hybridized carbons (Fsp3) is 0.882. The van der Waals surface area contributed by atoms with Crippen LogP contribution in [-0.4, -0.2) is 84.2 Å². The van der Waals surface area contributed by atoms with Crippen molar-refractivity contribution in [2.24, 2.45) is 7.05 Å². The van der Waals surface area contributed by atoms with Crippen molar-refractivity contribution >= 4 is 0 Å². The summed E-state index contributed by atoms with van der Waals surface area (Å²) >= 11 is 0. The molecule has 2 aliphatic heterocycles. The Balaban J connectivity index is 1.50. The van der Waals surface area contributed by atoms with E-state index in [9.17, 15) is 0 Å². The monoisotopic (exact) mass is 337 g/mol. The van der Waals surface area contributed by atoms with Gasteiger partial charge < -0.3 is 18.9 Å². The maximum absolute atomic E-state index is 5.42. The molecular formula is C17H31N5O2. The van der Waals surface area contributed by atoms with Crippen molar-refractivity contribution in [2.75, 3.05) is 59.7 Å². The van der Waals surface area contributed by atoms with Crippen molar-refractivity contribution in [3.05, 3.63) is 11.6 Å². The number of methoxy groups -OCH3 is 1. The van der Waals surface area contributed by atoms with E-state index in [1.165, 1.54) is 12.8 Å². The molecule has 1 aromatic heterocycles. The maximum Gasteiger partial charge on any atom is 0.146 e. The SMILES string of the molecule is COCCCN1CCC(c2nnc(CN3CCOCC3)n2C)CC1. The number of morpholine rings is 1. The molecule has 7 nitrogen and oxygen atoms in total. The molecule has 3 heterocycles. The van der Waals surface area contributed by atoms with E-state index in [0.717, 1.165) is 77.2 Å². The standard InChI is InChI=1S/C17H31N5O2/c1-20-16(14-22-9-12-24-13-10-22)18-19-17(20)15-4-7-21(8-5-15)6-3-11-23-2/h15H,3-14H2,1-2H3. The van der Waals surface area contributed by atoms with Gasteiger partial charge in [0.1, 0.15) is 11.6 Å². The van der Waals surface area contributed by atoms with Crippen molar-refractivity contribution in [3.8, 4) is 0 Å². The number of hydrogen-bond acceptors (Lipinski definition) is 6. The molecule has 0 N–H and O–H groups in total. The topological polar surface area (TPSA) is 55.6 Å². The summed E-state index contributed by atoms with van der Waals surface area (Å²) in [5, 5.41) is 8.99. The summed E-state index contributed by atoms with van der Waals surface area (Å²) in [5.41, 5.74) is 0. The molecule has 24 heavy (non-hydrogen) atoms. The number of nitrogens with zero attached hydrogens (tertiary/aromatic N) is 5. The number of likely N-dealkylation sites (tertiary alicyclic amines) is 1. The van der Waals surface area contributed by atoms with E-state index in [-0.39, 0.29) is 0 Å². The van der Waals surface area contributed by atoms with Crippen LogP contribution in [0.4, 0.5) is 0 Å². The molecule has 7 heteroatoms. The lowest BCUT2D eigenvalue weighted by atomic mass is 9.96. The zero-order chi connectivity index (χ0) is 16.8. The highest BCUT2D eigenvalue weighted by Gasteiger charge is 2.25. The van der Waals surface area contributed by atoms with E-state index in [2.05, 4.69) is 31.6 Å². The predicted molar refractivity (Wildman–Crippen MR) is 92.0 cm³/mol. The van der Waals surface area contributed by atoms with Gasteiger partial charge in [0.15, 0.2) is 0 Å². The highest BCUT2D eigenvalue weighted by molar-refractivity contribution is 5.03. The molecule has 136 valence electrons. The summed E-state index contributed by atoms with van der Waals surface area (Å²) in [7, 11) is 3.89. The van der Waals surface area contributed by atoms with Gasteiger partial charge in [0.25, 0.3) is 0 Å². The largest absolute Gasteiger partial charge is 0.385 e. The molecule has 0 amide bonds. The van der Waals surface area contributed by atoms with E-state index < -0.39 is 0 Å². The molecule has 0 bridgehead atoms. The van der Waals surface area contributed by atoms with Crippen molar-refractivity contribution < 1.29 is 9.47 Å². The first-order valence-electron chi connectivity index (χ1n) is 9.17. The molecule has 2 saturated heterocycles. The van der Waals surface area contributed by atoms with Gasteiger partial charge in [-0.1, -0.05) is 0 Å². The molecule has 2 fully saturated rings. The van der Waals surface area contributed by atoms with E-state index in [1.54, 1.807) is 7.11 Å². The van der Waals surface area contributed by atoms with Crippen molar-refractivity contribution in [3.63, 3.8) is 0 Å². The van der Waals surface area contributed by atoms with Crippen LogP contribution in [0.25, 0.3) is 0 Å². The normalized spacial score (nSPS) is 21.4. The minimum Gasteiger partial charge on any atom is -0.385 e. The first-order chi connectivity index (χ1) is 11.8. The smallest absolute Gasteiger partial charge is 0.146 e. The van der Waals surface area contributed by atoms with Crippen LogP contribution in [0, 0.1) is 0 Å². The quantitative estimate of drug-likeness (QED) is 0.688. The summed E-state index contributed by atoms with van der Waals surface area (Å²) in [6, 6.07) is 0. The Morgan fingerprint density at radius 3 is 2.54 bits per heavy atom. The molecule has 2 aliphatic rings. The predicted octanol–water partition coefficient (Wildman–Crippen LogP) is 0.863. The van der Waals surface area contributed by atoms with Crippen molar-refractivity contribution in [1.82, 2.24) is 24.6 Å². The minimum absolute atomic E-state index is 0.541. The first kappa shape index (κ1) is 17.8. The van der Waals surface area contributed by atoms with Gasteiger partial charge >= 0.3 is 0 Å². The fourth-order valence-corrected chi connectivity index (χ4v) is 3.68. The molecule has 0 unspecified atom stereocenters. The Hall–Kier alpha value is -1.02. The summed E-state index contributed by atoms with van der Waals surface area (Å²) in [4.78, 5) is 4.94. The van der Waals surface area contributed by atoms with Crippen molar-refractivity contribution in [1.29, 1.82) is 0 Å². The highest BCUT2D eigenvalue weighted by Crippen LogP contribution is 2.27. The van der Waals surface area contributed by atoms with Gasteiger partial charge in [0.05, 0.1) is 19.8 Å². The molecule has 3 rings (SSSR count). The summed E-state index contributed by atoms with van der Waals surface area (Å²) in [6.07, 6.45) is 3.47. The number of aromatic nitrogens is 3. The molecule has 0 aliphatic carbocycles. The molecule has 0 aromatic carbocycles. The van der Waals surface area contributed by atoms with Crippen LogP contribution in [0.2, 0.25) is 0 Å². The zero-order valence-corrected chi connectivity index (χ0v) is 15.1. The first-order valence-corrected chi connectivity index (χ1v) is 9.17. The minimum atomic E-state index is 0.541. The van der Waals surface area contributed by atoms with E-state index in [4.69, 9.17) is 9.47 Å². The molecule has 0 spiro atoms. The Morgan fingerprint density at radius 2 is 1.83 bits per heavy atom. The lowest BCUT2D eigenvalue weighted by molar-refractivity contribution is 0.0326. The molecule has 0 radical (unpaired) electrons. The number of ether oxygens (including phenoxy) is 2. The number of hydrogen-bond donors (Lipinski definition) is 0. The van der Waals surface area contributed by atoms with Crippen LogP contribution in [0.1, 0.15) is 36.8 Å². The van der Waals surface area contributed by atoms with E-state index in [0.29, 0.717) is 5.92 Å². The second-order valence-electron chi connectivity index (χ2n) is 6.88. The Morgan fingerprint density at radius 1 is 1.08 bits per heavy atom. The Bertz CT molecular complexity index is 493. The fourth-order valence-electron chi connectivity index (χ4n) is 3.68. The summed E-state index contributed by atoms with van der Waals surface area (Å²) in [5.74, 6) is 2.78. The zero-order valence-electron chi connectivity index (χ0n) is 15.1. The Labute approximate surface area is 144 Å². The van der Waals surface area contributed by atoms with Crippen LogP contribution in [0.5, 0.6) is 0 Å². The van der Waals surface area contributed by atoms with Crippen LogP contribution in [0.3, 0.4) is 0 Å². The number of rotatable bonds is 7. The van der Waals surface area contributed by atoms with Gasteiger partial charge in [-0.2, -0.15) is 0 Å². The summed E-state index contributed by atoms with van der Waals surface area (Å²) < 4.78 is 12.8. The van der Waals surface area contributed by atoms with Crippen LogP contribution < -0.4 is 0 Å². The lowest BCUT2D eigenvalue weighted by Crippen LogP contribution is -2.36. The van der Waals surface area contributed by atoms with Crippen LogP contribution in [-0.2, 0) is 23.1 Å². The van der Waals surface area contributed by atoms with Gasteiger partial charge in [0.2, 0.25) is 0 Å². The van der Waals surface area contributed by atoms with Gasteiger partial charge in [-0.15, -0.1) is 10.2 Å². The third kappa shape index (κ3) is 4.53. The molecule has 0 saturated carbocycles. The lowest BCUT2D eigenvalue weighted by Gasteiger charge is -2.31. The maximum atomic E-state index is 5.42. The molecule has 0 atom stereocenters. The van der Waals surface area contributed by atoms with Gasteiger partial charge in [0, 0.05) is 46.3 Å². The third-order valence-corrected chi connectivity index (χ3v) is 5.24. The van der Waals surface area contributed by atoms with Crippen LogP contribution in [0.15, 0.2) is 0 Å². The van der Waals surface area contributed by atoms with Gasteiger partial charge in [-0.25, -0.2) is 0 Å². The average molecular weight is 337 g/mol. The van der Waals surface area contributed by atoms with Gasteiger partial charge in [-0.3, -0.25) is 4.90 Å². The Kier molecular flexibility index (Phi) is 6.59. The second-order valence-corrected chi connectivity index (χ2v) is 6.88. The third-order valence-electron chi connectivity index (χ3n) is 5.24. The molecular weight excluding hydrogens is 306 g/mol. The van der Waals surface area contributed by atoms with Crippen LogP contribution >= 0.6 is 0 Å². The van der Waals surface area contributed by atoms with Crippen molar-refractivity contribution in [2.45, 2.75) is 31.7 Å². The van der Waals surface area contributed by atoms with Gasteiger partial charge in [-0.05, 0) is 32.4 Å². The van der Waals surface area contributed by atoms with E-state index >= 15 is 0 Å². The highest BCUT2D eigenvalue weighted by atomic mass is 16.5.